The zero-order valence-electron chi connectivity index (χ0n) is 17.1. The molecule has 1 aliphatic heterocycles. The molecule has 0 spiro atoms. The van der Waals surface area contributed by atoms with Gasteiger partial charge in [0.2, 0.25) is 10.0 Å². The van der Waals surface area contributed by atoms with Gasteiger partial charge in [0.15, 0.2) is 6.10 Å². The van der Waals surface area contributed by atoms with Crippen LogP contribution in [-0.4, -0.2) is 57.0 Å². The Balaban J connectivity index is 1.73. The SMILES string of the molecule is CC(OC(=O)c1cc(S(=O)(=O)N2CCOCC2)ccc1Cl)C(=O)Nc1cccc(C#N)c1. The number of benzene rings is 2. The Morgan fingerprint density at radius 1 is 1.22 bits per heavy atom. The molecule has 1 N–H and O–H groups in total. The third-order valence-corrected chi connectivity index (χ3v) is 6.90. The minimum atomic E-state index is -3.85. The molecule has 1 unspecified atom stereocenters. The largest absolute Gasteiger partial charge is 0.449 e. The highest BCUT2D eigenvalue weighted by Gasteiger charge is 2.28. The second-order valence-corrected chi connectivity index (χ2v) is 9.23. The van der Waals surface area contributed by atoms with Crippen LogP contribution >= 0.6 is 11.6 Å². The Morgan fingerprint density at radius 3 is 2.62 bits per heavy atom. The number of sulfonamides is 1. The van der Waals surface area contributed by atoms with Gasteiger partial charge >= 0.3 is 5.97 Å². The van der Waals surface area contributed by atoms with Crippen molar-refractivity contribution in [2.75, 3.05) is 31.6 Å². The molecule has 168 valence electrons. The first-order chi connectivity index (χ1) is 15.2. The van der Waals surface area contributed by atoms with Crippen LogP contribution in [0, 0.1) is 11.3 Å². The van der Waals surface area contributed by atoms with E-state index in [1.807, 2.05) is 6.07 Å². The van der Waals surface area contributed by atoms with Gasteiger partial charge in [-0.1, -0.05) is 17.7 Å². The quantitative estimate of drug-likeness (QED) is 0.633. The number of ether oxygens (including phenoxy) is 2. The van der Waals surface area contributed by atoms with Gasteiger partial charge in [-0.05, 0) is 43.3 Å². The number of rotatable bonds is 6. The van der Waals surface area contributed by atoms with Crippen molar-refractivity contribution in [2.24, 2.45) is 0 Å². The third-order valence-electron chi connectivity index (χ3n) is 4.68. The molecule has 1 fully saturated rings. The minimum Gasteiger partial charge on any atom is -0.449 e. The molecule has 3 rings (SSSR count). The van der Waals surface area contributed by atoms with Crippen molar-refractivity contribution in [3.05, 3.63) is 58.6 Å². The summed E-state index contributed by atoms with van der Waals surface area (Å²) < 4.78 is 37.3. The summed E-state index contributed by atoms with van der Waals surface area (Å²) in [6, 6.07) is 11.9. The van der Waals surface area contributed by atoms with E-state index >= 15 is 0 Å². The smallest absolute Gasteiger partial charge is 0.340 e. The number of nitrogens with zero attached hydrogens (tertiary/aromatic N) is 2. The van der Waals surface area contributed by atoms with E-state index < -0.39 is 28.0 Å². The number of nitrogens with one attached hydrogen (secondary N) is 1. The van der Waals surface area contributed by atoms with Crippen LogP contribution in [-0.2, 0) is 24.3 Å². The number of esters is 1. The van der Waals surface area contributed by atoms with E-state index in [0.717, 1.165) is 6.07 Å². The molecular weight excluding hydrogens is 458 g/mol. The van der Waals surface area contributed by atoms with Crippen LogP contribution in [0.1, 0.15) is 22.8 Å². The molecule has 1 aliphatic rings. The fourth-order valence-corrected chi connectivity index (χ4v) is 4.57. The van der Waals surface area contributed by atoms with Gasteiger partial charge in [-0.15, -0.1) is 0 Å². The van der Waals surface area contributed by atoms with Gasteiger partial charge in [0.1, 0.15) is 0 Å². The summed E-state index contributed by atoms with van der Waals surface area (Å²) in [6.45, 7) is 2.34. The summed E-state index contributed by atoms with van der Waals surface area (Å²) in [5.41, 5.74) is 0.554. The second-order valence-electron chi connectivity index (χ2n) is 6.89. The number of halogens is 1. The molecule has 1 heterocycles. The summed E-state index contributed by atoms with van der Waals surface area (Å²) in [6.07, 6.45) is -1.20. The Hall–Kier alpha value is -2.97. The zero-order valence-corrected chi connectivity index (χ0v) is 18.6. The molecule has 32 heavy (non-hydrogen) atoms. The number of hydrogen-bond donors (Lipinski definition) is 1. The molecule has 0 radical (unpaired) electrons. The first-order valence-electron chi connectivity index (χ1n) is 9.62. The van der Waals surface area contributed by atoms with Crippen molar-refractivity contribution < 1.29 is 27.5 Å². The predicted octanol–water partition coefficient (Wildman–Crippen LogP) is 2.42. The van der Waals surface area contributed by atoms with E-state index in [0.29, 0.717) is 11.3 Å². The molecule has 9 nitrogen and oxygen atoms in total. The van der Waals surface area contributed by atoms with Crippen LogP contribution < -0.4 is 5.32 Å². The maximum atomic E-state index is 12.8. The number of nitriles is 1. The maximum absolute atomic E-state index is 12.8. The summed E-state index contributed by atoms with van der Waals surface area (Å²) in [5.74, 6) is -1.57. The molecule has 2 aromatic rings. The number of hydrogen-bond acceptors (Lipinski definition) is 7. The molecule has 2 aromatic carbocycles. The van der Waals surface area contributed by atoms with Gasteiger partial charge in [-0.3, -0.25) is 4.79 Å². The average molecular weight is 478 g/mol. The van der Waals surface area contributed by atoms with Gasteiger partial charge < -0.3 is 14.8 Å². The molecular formula is C21H20ClN3O6S. The van der Waals surface area contributed by atoms with E-state index in [1.54, 1.807) is 18.2 Å². The second kappa shape index (κ2) is 10.1. The van der Waals surface area contributed by atoms with Crippen LogP contribution in [0.4, 0.5) is 5.69 Å². The lowest BCUT2D eigenvalue weighted by molar-refractivity contribution is -0.123. The first-order valence-corrected chi connectivity index (χ1v) is 11.4. The topological polar surface area (TPSA) is 126 Å². The Bertz CT molecular complexity index is 1170. The molecule has 1 saturated heterocycles. The Morgan fingerprint density at radius 2 is 1.94 bits per heavy atom. The molecule has 11 heteroatoms. The van der Waals surface area contributed by atoms with Crippen molar-refractivity contribution in [2.45, 2.75) is 17.9 Å². The zero-order chi connectivity index (χ0) is 23.3. The van der Waals surface area contributed by atoms with Gasteiger partial charge in [-0.25, -0.2) is 13.2 Å². The van der Waals surface area contributed by atoms with E-state index in [9.17, 15) is 18.0 Å². The van der Waals surface area contributed by atoms with E-state index in [-0.39, 0.29) is 41.8 Å². The summed E-state index contributed by atoms with van der Waals surface area (Å²) in [7, 11) is -3.85. The normalized spacial score (nSPS) is 15.4. The average Bonchev–Trinajstić information content (AvgIpc) is 2.79. The van der Waals surface area contributed by atoms with E-state index in [1.165, 1.54) is 29.4 Å². The molecule has 0 saturated carbocycles. The van der Waals surface area contributed by atoms with Crippen LogP contribution in [0.15, 0.2) is 47.4 Å². The highest BCUT2D eigenvalue weighted by atomic mass is 35.5. The Labute approximate surface area is 190 Å². The summed E-state index contributed by atoms with van der Waals surface area (Å²) in [5, 5.41) is 11.5. The molecule has 1 atom stereocenters. The van der Waals surface area contributed by atoms with Crippen molar-refractivity contribution in [1.29, 1.82) is 5.26 Å². The molecule has 0 aliphatic carbocycles. The van der Waals surface area contributed by atoms with Crippen LogP contribution in [0.5, 0.6) is 0 Å². The van der Waals surface area contributed by atoms with Gasteiger partial charge in [0.25, 0.3) is 5.91 Å². The number of anilines is 1. The number of amides is 1. The third kappa shape index (κ3) is 5.44. The highest BCUT2D eigenvalue weighted by molar-refractivity contribution is 7.89. The van der Waals surface area contributed by atoms with Crippen molar-refractivity contribution in [3.8, 4) is 6.07 Å². The van der Waals surface area contributed by atoms with Crippen LogP contribution in [0.25, 0.3) is 0 Å². The fraction of sp³-hybridized carbons (Fsp3) is 0.286. The highest BCUT2D eigenvalue weighted by Crippen LogP contribution is 2.25. The summed E-state index contributed by atoms with van der Waals surface area (Å²) in [4.78, 5) is 24.9. The molecule has 0 aromatic heterocycles. The Kier molecular flexibility index (Phi) is 7.48. The van der Waals surface area contributed by atoms with Gasteiger partial charge in [-0.2, -0.15) is 9.57 Å². The van der Waals surface area contributed by atoms with Crippen molar-refractivity contribution in [1.82, 2.24) is 4.31 Å². The number of carbonyl (C=O) groups excluding carboxylic acids is 2. The fourth-order valence-electron chi connectivity index (χ4n) is 2.95. The number of carbonyl (C=O) groups is 2. The summed E-state index contributed by atoms with van der Waals surface area (Å²) >= 11 is 6.09. The van der Waals surface area contributed by atoms with Crippen LogP contribution in [0.2, 0.25) is 5.02 Å². The lowest BCUT2D eigenvalue weighted by Gasteiger charge is -2.26. The number of morpholine rings is 1. The minimum absolute atomic E-state index is 0.00902. The standard InChI is InChI=1S/C21H20ClN3O6S/c1-14(20(26)24-16-4-2-3-15(11-16)13-23)31-21(27)18-12-17(5-6-19(18)22)32(28,29)25-7-9-30-10-8-25/h2-6,11-12,14H,7-10H2,1H3,(H,24,26). The monoisotopic (exact) mass is 477 g/mol. The van der Waals surface area contributed by atoms with Crippen molar-refractivity contribution in [3.63, 3.8) is 0 Å². The predicted molar refractivity (Wildman–Crippen MR) is 116 cm³/mol. The maximum Gasteiger partial charge on any atom is 0.340 e. The van der Waals surface area contributed by atoms with Gasteiger partial charge in [0, 0.05) is 18.8 Å². The van der Waals surface area contributed by atoms with E-state index in [2.05, 4.69) is 5.32 Å². The molecule has 1 amide bonds. The first kappa shape index (κ1) is 23.7. The van der Waals surface area contributed by atoms with E-state index in [4.69, 9.17) is 26.3 Å². The van der Waals surface area contributed by atoms with Crippen molar-refractivity contribution >= 4 is 39.2 Å². The van der Waals surface area contributed by atoms with Gasteiger partial charge in [0.05, 0.1) is 40.3 Å². The molecule has 0 bridgehead atoms. The van der Waals surface area contributed by atoms with Crippen LogP contribution in [0.3, 0.4) is 0 Å². The lowest BCUT2D eigenvalue weighted by atomic mass is 10.2. The lowest BCUT2D eigenvalue weighted by Crippen LogP contribution is -2.40.